The normalized spacial score (nSPS) is 41.1. The van der Waals surface area contributed by atoms with E-state index in [0.717, 1.165) is 0 Å². The minimum absolute atomic E-state index is 0.0637. The van der Waals surface area contributed by atoms with E-state index in [0.29, 0.717) is 0 Å². The van der Waals surface area contributed by atoms with Gasteiger partial charge in [-0.25, -0.2) is 8.42 Å². The third-order valence-electron chi connectivity index (χ3n) is 1.26. The molecule has 2 atom stereocenters. The Balaban J connectivity index is 2.77. The topological polar surface area (TPSA) is 54.4 Å². The molecule has 1 fully saturated rings. The summed E-state index contributed by atoms with van der Waals surface area (Å²) in [4.78, 5) is -0.262. The average molecular weight is 215 g/mol. The Morgan fingerprint density at radius 1 is 1.44 bits per heavy atom. The standard InChI is InChI=1S/C4H7BrO3S/c5-3-1-9(7,8)2-4(3)6/h3-4,6H,1-2H2/t3-,4+/m1/s1. The summed E-state index contributed by atoms with van der Waals surface area (Å²) in [7, 11) is -2.94. The van der Waals surface area contributed by atoms with Crippen LogP contribution in [0.4, 0.5) is 0 Å². The van der Waals surface area contributed by atoms with Crippen LogP contribution in [0.15, 0.2) is 0 Å². The van der Waals surface area contributed by atoms with Crippen LogP contribution in [0.5, 0.6) is 0 Å². The van der Waals surface area contributed by atoms with E-state index in [4.69, 9.17) is 5.11 Å². The Morgan fingerprint density at radius 3 is 2.11 bits per heavy atom. The summed E-state index contributed by atoms with van der Waals surface area (Å²) >= 11 is 3.05. The molecule has 9 heavy (non-hydrogen) atoms. The summed E-state index contributed by atoms with van der Waals surface area (Å²) < 4.78 is 21.3. The number of halogens is 1. The van der Waals surface area contributed by atoms with Crippen molar-refractivity contribution in [3.8, 4) is 0 Å². The molecular formula is C4H7BrO3S. The van der Waals surface area contributed by atoms with E-state index in [9.17, 15) is 8.42 Å². The van der Waals surface area contributed by atoms with Gasteiger partial charge < -0.3 is 5.11 Å². The van der Waals surface area contributed by atoms with Crippen molar-refractivity contribution >= 4 is 25.8 Å². The maximum Gasteiger partial charge on any atom is 0.154 e. The fourth-order valence-corrected chi connectivity index (χ4v) is 4.02. The van der Waals surface area contributed by atoms with Gasteiger partial charge in [-0.2, -0.15) is 0 Å². The second-order valence-corrected chi connectivity index (χ2v) is 5.49. The zero-order valence-electron chi connectivity index (χ0n) is 4.62. The fraction of sp³-hybridized carbons (Fsp3) is 1.00. The molecule has 0 aliphatic carbocycles. The molecule has 1 aliphatic heterocycles. The van der Waals surface area contributed by atoms with Gasteiger partial charge in [0, 0.05) is 0 Å². The van der Waals surface area contributed by atoms with E-state index in [1.165, 1.54) is 0 Å². The minimum atomic E-state index is -2.94. The lowest BCUT2D eigenvalue weighted by Gasteiger charge is -1.99. The number of alkyl halides is 1. The van der Waals surface area contributed by atoms with E-state index in [-0.39, 0.29) is 16.3 Å². The van der Waals surface area contributed by atoms with Crippen molar-refractivity contribution in [2.75, 3.05) is 11.5 Å². The van der Waals surface area contributed by atoms with Gasteiger partial charge in [-0.15, -0.1) is 0 Å². The highest BCUT2D eigenvalue weighted by Crippen LogP contribution is 2.18. The van der Waals surface area contributed by atoms with Crippen LogP contribution in [0, 0.1) is 0 Å². The second-order valence-electron chi connectivity index (χ2n) is 2.16. The monoisotopic (exact) mass is 214 g/mol. The number of hydrogen-bond acceptors (Lipinski definition) is 3. The van der Waals surface area contributed by atoms with E-state index in [1.807, 2.05) is 0 Å². The fourth-order valence-electron chi connectivity index (χ4n) is 0.786. The summed E-state index contributed by atoms with van der Waals surface area (Å²) in [5, 5.41) is 8.91. The first-order valence-electron chi connectivity index (χ1n) is 2.54. The van der Waals surface area contributed by atoms with Gasteiger partial charge in [-0.3, -0.25) is 0 Å². The van der Waals surface area contributed by atoms with E-state index in [1.54, 1.807) is 0 Å². The Labute approximate surface area is 62.1 Å². The zero-order chi connectivity index (χ0) is 7.07. The molecule has 1 heterocycles. The van der Waals surface area contributed by atoms with Crippen molar-refractivity contribution in [2.24, 2.45) is 0 Å². The first kappa shape index (κ1) is 7.50. The average Bonchev–Trinajstić information content (AvgIpc) is 1.79. The number of hydrogen-bond donors (Lipinski definition) is 1. The molecule has 0 unspecified atom stereocenters. The molecule has 1 aliphatic rings. The van der Waals surface area contributed by atoms with E-state index in [2.05, 4.69) is 15.9 Å². The van der Waals surface area contributed by atoms with Crippen molar-refractivity contribution in [1.82, 2.24) is 0 Å². The smallest absolute Gasteiger partial charge is 0.154 e. The third-order valence-corrected chi connectivity index (χ3v) is 4.33. The van der Waals surface area contributed by atoms with Crippen LogP contribution in [0.3, 0.4) is 0 Å². The van der Waals surface area contributed by atoms with Gasteiger partial charge >= 0.3 is 0 Å². The van der Waals surface area contributed by atoms with Crippen LogP contribution in [0.1, 0.15) is 0 Å². The molecule has 1 rings (SSSR count). The quantitative estimate of drug-likeness (QED) is 0.556. The van der Waals surface area contributed by atoms with Crippen LogP contribution in [0.25, 0.3) is 0 Å². The lowest BCUT2D eigenvalue weighted by atomic mass is 10.3. The summed E-state index contributed by atoms with van der Waals surface area (Å²) in [6.07, 6.45) is -0.713. The van der Waals surface area contributed by atoms with Gasteiger partial charge in [-0.05, 0) is 0 Å². The molecule has 1 N–H and O–H groups in total. The molecule has 0 aromatic heterocycles. The lowest BCUT2D eigenvalue weighted by Crippen LogP contribution is -2.16. The molecule has 3 nitrogen and oxygen atoms in total. The number of aliphatic hydroxyl groups is 1. The predicted octanol–water partition coefficient (Wildman–Crippen LogP) is -0.461. The Morgan fingerprint density at radius 2 is 2.00 bits per heavy atom. The van der Waals surface area contributed by atoms with Crippen LogP contribution >= 0.6 is 15.9 Å². The first-order valence-corrected chi connectivity index (χ1v) is 5.27. The summed E-state index contributed by atoms with van der Waals surface area (Å²) in [6.45, 7) is 0. The highest BCUT2D eigenvalue weighted by atomic mass is 79.9. The maximum atomic E-state index is 10.7. The molecule has 0 radical (unpaired) electrons. The molecule has 0 aromatic rings. The maximum absolute atomic E-state index is 10.7. The molecule has 0 spiro atoms. The third kappa shape index (κ3) is 1.65. The molecule has 1 saturated heterocycles. The van der Waals surface area contributed by atoms with Crippen LogP contribution < -0.4 is 0 Å². The van der Waals surface area contributed by atoms with Gasteiger partial charge in [0.05, 0.1) is 22.4 Å². The molecule has 0 bridgehead atoms. The van der Waals surface area contributed by atoms with Crippen molar-refractivity contribution < 1.29 is 13.5 Å². The minimum Gasteiger partial charge on any atom is -0.391 e. The highest BCUT2D eigenvalue weighted by Gasteiger charge is 2.34. The molecule has 0 saturated carbocycles. The number of sulfone groups is 1. The first-order chi connectivity index (χ1) is 4.01. The molecule has 5 heteroatoms. The van der Waals surface area contributed by atoms with Gasteiger partial charge in [-0.1, -0.05) is 15.9 Å². The van der Waals surface area contributed by atoms with E-state index < -0.39 is 15.9 Å². The molecule has 0 aromatic carbocycles. The van der Waals surface area contributed by atoms with Gasteiger partial charge in [0.2, 0.25) is 0 Å². The molecule has 0 amide bonds. The van der Waals surface area contributed by atoms with Crippen molar-refractivity contribution in [1.29, 1.82) is 0 Å². The predicted molar refractivity (Wildman–Crippen MR) is 37.4 cm³/mol. The Bertz CT molecular complexity index is 182. The van der Waals surface area contributed by atoms with Crippen molar-refractivity contribution in [3.63, 3.8) is 0 Å². The molecular weight excluding hydrogens is 208 g/mol. The Kier molecular flexibility index (Phi) is 1.84. The largest absolute Gasteiger partial charge is 0.391 e. The zero-order valence-corrected chi connectivity index (χ0v) is 7.02. The van der Waals surface area contributed by atoms with Crippen LogP contribution in [0.2, 0.25) is 0 Å². The van der Waals surface area contributed by atoms with Gasteiger partial charge in [0.1, 0.15) is 0 Å². The summed E-state index contributed by atoms with van der Waals surface area (Å²) in [6, 6.07) is 0. The Hall–Kier alpha value is 0.390. The van der Waals surface area contributed by atoms with Gasteiger partial charge in [0.25, 0.3) is 0 Å². The highest BCUT2D eigenvalue weighted by molar-refractivity contribution is 9.09. The van der Waals surface area contributed by atoms with Crippen LogP contribution in [-0.4, -0.2) is 36.0 Å². The number of aliphatic hydroxyl groups excluding tert-OH is 1. The lowest BCUT2D eigenvalue weighted by molar-refractivity contribution is 0.209. The van der Waals surface area contributed by atoms with Crippen molar-refractivity contribution in [3.05, 3.63) is 0 Å². The number of rotatable bonds is 0. The SMILES string of the molecule is O=S1(=O)C[C@@H](Br)[C@@H](O)C1. The second kappa shape index (κ2) is 2.21. The van der Waals surface area contributed by atoms with E-state index >= 15 is 0 Å². The van der Waals surface area contributed by atoms with Crippen molar-refractivity contribution in [2.45, 2.75) is 10.9 Å². The summed E-state index contributed by atoms with van der Waals surface area (Å²) in [5.74, 6) is -0.0307. The molecule has 54 valence electrons. The summed E-state index contributed by atoms with van der Waals surface area (Å²) in [5.41, 5.74) is 0. The van der Waals surface area contributed by atoms with Gasteiger partial charge in [0.15, 0.2) is 9.84 Å². The van der Waals surface area contributed by atoms with Crippen LogP contribution in [-0.2, 0) is 9.84 Å².